The first-order valence-corrected chi connectivity index (χ1v) is 11.9. The first kappa shape index (κ1) is 20.3. The normalized spacial score (nSPS) is 21.3. The molecule has 0 fully saturated rings. The molecule has 0 saturated carbocycles. The van der Waals surface area contributed by atoms with Crippen molar-refractivity contribution in [1.29, 1.82) is 0 Å². The zero-order valence-corrected chi connectivity index (χ0v) is 17.9. The minimum Gasteiger partial charge on any atom is -0.478 e. The van der Waals surface area contributed by atoms with Crippen LogP contribution in [0.25, 0.3) is 0 Å². The molecular formula is C25H22N2O4S. The number of hydrogen-bond acceptors (Lipinski definition) is 4. The van der Waals surface area contributed by atoms with Crippen LogP contribution in [0.4, 0.5) is 11.4 Å². The van der Waals surface area contributed by atoms with Gasteiger partial charge in [-0.05, 0) is 65.9 Å². The summed E-state index contributed by atoms with van der Waals surface area (Å²) in [6.45, 7) is 0. The number of para-hydroxylation sites is 1. The van der Waals surface area contributed by atoms with Crippen molar-refractivity contribution in [3.05, 3.63) is 102 Å². The second-order valence-corrected chi connectivity index (χ2v) is 9.81. The van der Waals surface area contributed by atoms with Gasteiger partial charge in [0.05, 0.1) is 16.5 Å². The Morgan fingerprint density at radius 2 is 1.75 bits per heavy atom. The zero-order chi connectivity index (χ0) is 22.3. The summed E-state index contributed by atoms with van der Waals surface area (Å²) in [7, 11) is -3.71. The number of sulfonamides is 1. The Morgan fingerprint density at radius 3 is 2.47 bits per heavy atom. The van der Waals surface area contributed by atoms with Gasteiger partial charge < -0.3 is 10.4 Å². The van der Waals surface area contributed by atoms with Crippen molar-refractivity contribution >= 4 is 27.4 Å². The van der Waals surface area contributed by atoms with E-state index in [0.717, 1.165) is 23.2 Å². The number of carboxylic acids is 1. The second kappa shape index (κ2) is 7.84. The van der Waals surface area contributed by atoms with Crippen molar-refractivity contribution in [2.24, 2.45) is 5.92 Å². The van der Waals surface area contributed by atoms with Gasteiger partial charge in [0.25, 0.3) is 10.0 Å². The lowest BCUT2D eigenvalue weighted by Crippen LogP contribution is -2.29. The lowest BCUT2D eigenvalue weighted by atomic mass is 9.77. The molecule has 0 amide bonds. The number of fused-ring (bicyclic) bond motifs is 3. The molecule has 32 heavy (non-hydrogen) atoms. The summed E-state index contributed by atoms with van der Waals surface area (Å²) in [5, 5.41) is 12.7. The van der Waals surface area contributed by atoms with E-state index in [4.69, 9.17) is 0 Å². The highest BCUT2D eigenvalue weighted by Gasteiger charge is 2.38. The summed E-state index contributed by atoms with van der Waals surface area (Å²) in [6.07, 6.45) is 5.14. The number of rotatable bonds is 5. The first-order valence-electron chi connectivity index (χ1n) is 10.4. The average Bonchev–Trinajstić information content (AvgIpc) is 3.29. The topological polar surface area (TPSA) is 95.5 Å². The molecule has 6 nitrogen and oxygen atoms in total. The Labute approximate surface area is 186 Å². The lowest BCUT2D eigenvalue weighted by molar-refractivity contribution is 0.0697. The molecule has 3 atom stereocenters. The van der Waals surface area contributed by atoms with Gasteiger partial charge in [0.15, 0.2) is 0 Å². The van der Waals surface area contributed by atoms with Crippen molar-refractivity contribution in [2.45, 2.75) is 23.3 Å². The maximum atomic E-state index is 13.0. The minimum atomic E-state index is -3.71. The van der Waals surface area contributed by atoms with Crippen LogP contribution >= 0.6 is 0 Å². The smallest absolute Gasteiger partial charge is 0.335 e. The maximum absolute atomic E-state index is 13.0. The van der Waals surface area contributed by atoms with Crippen LogP contribution in [0.15, 0.2) is 89.8 Å². The van der Waals surface area contributed by atoms with E-state index >= 15 is 0 Å². The van der Waals surface area contributed by atoms with Gasteiger partial charge in [0.2, 0.25) is 0 Å². The highest BCUT2D eigenvalue weighted by atomic mass is 32.2. The van der Waals surface area contributed by atoms with Gasteiger partial charge in [0, 0.05) is 17.3 Å². The third-order valence-electron chi connectivity index (χ3n) is 6.19. The summed E-state index contributed by atoms with van der Waals surface area (Å²) in [6, 6.07) is 21.0. The largest absolute Gasteiger partial charge is 0.478 e. The summed E-state index contributed by atoms with van der Waals surface area (Å²) in [5.74, 6) is -0.641. The van der Waals surface area contributed by atoms with E-state index in [1.165, 1.54) is 0 Å². The highest BCUT2D eigenvalue weighted by Crippen LogP contribution is 2.50. The first-order chi connectivity index (χ1) is 15.4. The molecule has 0 unspecified atom stereocenters. The number of nitrogens with one attached hydrogen (secondary N) is 2. The minimum absolute atomic E-state index is 0.00949. The molecule has 3 aromatic rings. The standard InChI is InChI=1S/C25H22N2O4S/c28-25(29)17-11-9-16(10-12-17)24-21-8-4-7-20(21)22-15-19(13-14-23(22)26-24)32(30,31)27-18-5-2-1-3-6-18/h1-7,9-15,20-21,24,26-27H,8H2,(H,28,29)/t20-,21+,24+/m0/s1. The van der Waals surface area contributed by atoms with E-state index < -0.39 is 16.0 Å². The predicted molar refractivity (Wildman–Crippen MR) is 123 cm³/mol. The fourth-order valence-corrected chi connectivity index (χ4v) is 5.72. The second-order valence-electron chi connectivity index (χ2n) is 8.12. The van der Waals surface area contributed by atoms with E-state index in [1.807, 2.05) is 24.3 Å². The van der Waals surface area contributed by atoms with Crippen molar-refractivity contribution in [3.8, 4) is 0 Å². The van der Waals surface area contributed by atoms with Gasteiger partial charge in [-0.3, -0.25) is 4.72 Å². The molecule has 0 bridgehead atoms. The Bertz CT molecular complexity index is 1300. The Morgan fingerprint density at radius 1 is 1.00 bits per heavy atom. The quantitative estimate of drug-likeness (QED) is 0.479. The number of carboxylic acid groups (broad SMARTS) is 1. The van der Waals surface area contributed by atoms with Crippen LogP contribution < -0.4 is 10.0 Å². The number of anilines is 2. The fourth-order valence-electron chi connectivity index (χ4n) is 4.62. The molecule has 0 saturated heterocycles. The molecule has 1 heterocycles. The van der Waals surface area contributed by atoms with Gasteiger partial charge in [-0.15, -0.1) is 0 Å². The Hall–Kier alpha value is -3.58. The molecule has 5 rings (SSSR count). The number of carbonyl (C=O) groups is 1. The SMILES string of the molecule is O=C(O)c1ccc([C@H]2Nc3ccc(S(=O)(=O)Nc4ccccc4)cc3[C@H]3C=CC[C@H]32)cc1. The van der Waals surface area contributed by atoms with Crippen LogP contribution in [-0.4, -0.2) is 19.5 Å². The van der Waals surface area contributed by atoms with Crippen LogP contribution in [0.5, 0.6) is 0 Å². The molecule has 3 aromatic carbocycles. The number of benzene rings is 3. The van der Waals surface area contributed by atoms with Crippen LogP contribution in [0.3, 0.4) is 0 Å². The van der Waals surface area contributed by atoms with E-state index in [9.17, 15) is 18.3 Å². The summed E-state index contributed by atoms with van der Waals surface area (Å²) in [4.78, 5) is 11.4. The van der Waals surface area contributed by atoms with Gasteiger partial charge >= 0.3 is 5.97 Å². The molecule has 162 valence electrons. The number of hydrogen-bond donors (Lipinski definition) is 3. The third kappa shape index (κ3) is 3.65. The van der Waals surface area contributed by atoms with Crippen LogP contribution in [0.1, 0.15) is 39.9 Å². The molecule has 7 heteroatoms. The van der Waals surface area contributed by atoms with E-state index in [2.05, 4.69) is 22.2 Å². The van der Waals surface area contributed by atoms with Crippen molar-refractivity contribution in [3.63, 3.8) is 0 Å². The summed E-state index contributed by atoms with van der Waals surface area (Å²) >= 11 is 0. The molecule has 1 aliphatic carbocycles. The fraction of sp³-hybridized carbons (Fsp3) is 0.160. The Kier molecular flexibility index (Phi) is 4.98. The highest BCUT2D eigenvalue weighted by molar-refractivity contribution is 7.92. The zero-order valence-electron chi connectivity index (χ0n) is 17.1. The molecule has 3 N–H and O–H groups in total. The van der Waals surface area contributed by atoms with Crippen LogP contribution in [0, 0.1) is 5.92 Å². The molecule has 0 radical (unpaired) electrons. The third-order valence-corrected chi connectivity index (χ3v) is 7.57. The van der Waals surface area contributed by atoms with Crippen LogP contribution in [-0.2, 0) is 10.0 Å². The molecule has 1 aliphatic heterocycles. The van der Waals surface area contributed by atoms with Crippen molar-refractivity contribution in [1.82, 2.24) is 0 Å². The molecule has 0 spiro atoms. The predicted octanol–water partition coefficient (Wildman–Crippen LogP) is 5.01. The lowest BCUT2D eigenvalue weighted by Gasteiger charge is -2.37. The van der Waals surface area contributed by atoms with Crippen molar-refractivity contribution in [2.75, 3.05) is 10.0 Å². The molecule has 2 aliphatic rings. The summed E-state index contributed by atoms with van der Waals surface area (Å²) in [5.41, 5.74) is 3.64. The van der Waals surface area contributed by atoms with Gasteiger partial charge in [-0.25, -0.2) is 13.2 Å². The average molecular weight is 447 g/mol. The number of allylic oxidation sites excluding steroid dienone is 2. The van der Waals surface area contributed by atoms with Gasteiger partial charge in [-0.2, -0.15) is 0 Å². The van der Waals surface area contributed by atoms with E-state index in [-0.39, 0.29) is 28.3 Å². The Balaban J connectivity index is 1.47. The van der Waals surface area contributed by atoms with Crippen molar-refractivity contribution < 1.29 is 18.3 Å². The monoisotopic (exact) mass is 446 g/mol. The van der Waals surface area contributed by atoms with E-state index in [1.54, 1.807) is 48.5 Å². The van der Waals surface area contributed by atoms with Gasteiger partial charge in [0.1, 0.15) is 0 Å². The molecular weight excluding hydrogens is 424 g/mol. The summed E-state index contributed by atoms with van der Waals surface area (Å²) < 4.78 is 28.5. The maximum Gasteiger partial charge on any atom is 0.335 e. The molecule has 0 aromatic heterocycles. The van der Waals surface area contributed by atoms with Crippen LogP contribution in [0.2, 0.25) is 0 Å². The number of aromatic carboxylic acids is 1. The van der Waals surface area contributed by atoms with E-state index in [0.29, 0.717) is 5.69 Å². The van der Waals surface area contributed by atoms with Gasteiger partial charge in [-0.1, -0.05) is 42.5 Å².